The van der Waals surface area contributed by atoms with E-state index in [-0.39, 0.29) is 15.6 Å². The number of hydrogen-bond acceptors (Lipinski definition) is 6. The minimum Gasteiger partial charge on any atom is -0.493 e. The second-order valence-electron chi connectivity index (χ2n) is 6.68. The molecule has 10 heteroatoms. The minimum atomic E-state index is -4.06. The van der Waals surface area contributed by atoms with Crippen LogP contribution in [-0.2, 0) is 14.8 Å². The Labute approximate surface area is 197 Å². The van der Waals surface area contributed by atoms with Crippen LogP contribution >= 0.6 is 11.6 Å². The highest BCUT2D eigenvalue weighted by molar-refractivity contribution is 7.92. The number of amides is 1. The molecular formula is C23H22ClN3O5S. The molecule has 0 aliphatic carbocycles. The molecule has 0 spiro atoms. The highest BCUT2D eigenvalue weighted by Gasteiger charge is 2.28. The van der Waals surface area contributed by atoms with Crippen molar-refractivity contribution in [3.63, 3.8) is 0 Å². The summed E-state index contributed by atoms with van der Waals surface area (Å²) in [6.45, 7) is -0.524. The molecule has 0 unspecified atom stereocenters. The van der Waals surface area contributed by atoms with Crippen LogP contribution in [0.4, 0.5) is 5.69 Å². The van der Waals surface area contributed by atoms with Gasteiger partial charge in [-0.15, -0.1) is 0 Å². The first-order chi connectivity index (χ1) is 15.9. The summed E-state index contributed by atoms with van der Waals surface area (Å²) in [5, 5.41) is 4.11. The number of hydrogen-bond donors (Lipinski definition) is 1. The van der Waals surface area contributed by atoms with Gasteiger partial charge in [0.15, 0.2) is 11.5 Å². The largest absolute Gasteiger partial charge is 0.493 e. The number of methoxy groups -OCH3 is 2. The lowest BCUT2D eigenvalue weighted by atomic mass is 10.2. The Morgan fingerprint density at radius 3 is 2.33 bits per heavy atom. The van der Waals surface area contributed by atoms with Gasteiger partial charge in [-0.3, -0.25) is 9.10 Å². The second-order valence-corrected chi connectivity index (χ2v) is 8.95. The van der Waals surface area contributed by atoms with Crippen molar-refractivity contribution in [3.05, 3.63) is 83.4 Å². The van der Waals surface area contributed by atoms with Crippen LogP contribution < -0.4 is 19.2 Å². The molecule has 3 rings (SSSR count). The Hall–Kier alpha value is -3.56. The van der Waals surface area contributed by atoms with Crippen molar-refractivity contribution in [1.29, 1.82) is 0 Å². The third kappa shape index (κ3) is 5.82. The van der Waals surface area contributed by atoms with Gasteiger partial charge in [-0.2, -0.15) is 5.10 Å². The maximum Gasteiger partial charge on any atom is 0.264 e. The molecule has 0 heterocycles. The zero-order valence-corrected chi connectivity index (χ0v) is 19.5. The number of nitrogens with one attached hydrogen (secondary N) is 1. The summed E-state index contributed by atoms with van der Waals surface area (Å²) in [6.07, 6.45) is 1.41. The number of anilines is 1. The second kappa shape index (κ2) is 10.8. The van der Waals surface area contributed by atoms with Crippen molar-refractivity contribution < 1.29 is 22.7 Å². The van der Waals surface area contributed by atoms with Gasteiger partial charge < -0.3 is 9.47 Å². The van der Waals surface area contributed by atoms with Crippen molar-refractivity contribution in [3.8, 4) is 11.5 Å². The number of hydrazone groups is 1. The number of carbonyl (C=O) groups excluding carboxylic acids is 1. The van der Waals surface area contributed by atoms with E-state index >= 15 is 0 Å². The molecular weight excluding hydrogens is 466 g/mol. The van der Waals surface area contributed by atoms with E-state index in [2.05, 4.69) is 10.5 Å². The summed E-state index contributed by atoms with van der Waals surface area (Å²) in [4.78, 5) is 12.6. The lowest BCUT2D eigenvalue weighted by molar-refractivity contribution is -0.119. The summed E-state index contributed by atoms with van der Waals surface area (Å²) >= 11 is 6.24. The van der Waals surface area contributed by atoms with Crippen LogP contribution in [0.3, 0.4) is 0 Å². The Morgan fingerprint density at radius 2 is 1.67 bits per heavy atom. The lowest BCUT2D eigenvalue weighted by Crippen LogP contribution is -2.39. The van der Waals surface area contributed by atoms with Crippen molar-refractivity contribution >= 4 is 39.4 Å². The van der Waals surface area contributed by atoms with Gasteiger partial charge in [0.25, 0.3) is 15.9 Å². The molecule has 1 amide bonds. The molecule has 0 aromatic heterocycles. The van der Waals surface area contributed by atoms with E-state index in [0.29, 0.717) is 17.1 Å². The predicted molar refractivity (Wildman–Crippen MR) is 128 cm³/mol. The molecule has 0 bridgehead atoms. The van der Waals surface area contributed by atoms with Gasteiger partial charge >= 0.3 is 0 Å². The van der Waals surface area contributed by atoms with Crippen molar-refractivity contribution in [2.45, 2.75) is 4.90 Å². The number of sulfonamides is 1. The van der Waals surface area contributed by atoms with E-state index in [1.165, 1.54) is 38.6 Å². The standard InChI is InChI=1S/C23H22ClN3O5S/c1-31-21-13-12-17(14-22(21)32-2)15-25-26-23(28)16-27(20-11-7-6-10-19(20)24)33(29,30)18-8-4-3-5-9-18/h3-15H,16H2,1-2H3,(H,26,28)/b25-15-. The Bertz CT molecular complexity index is 1250. The van der Waals surface area contributed by atoms with Crippen molar-refractivity contribution in [2.75, 3.05) is 25.1 Å². The zero-order chi connectivity index (χ0) is 23.8. The topological polar surface area (TPSA) is 97.3 Å². The van der Waals surface area contributed by atoms with Crippen LogP contribution in [0, 0.1) is 0 Å². The molecule has 0 radical (unpaired) electrons. The van der Waals surface area contributed by atoms with Crippen LogP contribution in [0.15, 0.2) is 82.8 Å². The highest BCUT2D eigenvalue weighted by Crippen LogP contribution is 2.30. The number of benzene rings is 3. The normalized spacial score (nSPS) is 11.2. The molecule has 1 N–H and O–H groups in total. The first kappa shape index (κ1) is 24.1. The number of para-hydroxylation sites is 1. The molecule has 8 nitrogen and oxygen atoms in total. The monoisotopic (exact) mass is 487 g/mol. The smallest absolute Gasteiger partial charge is 0.264 e. The fourth-order valence-corrected chi connectivity index (χ4v) is 4.70. The predicted octanol–water partition coefficient (Wildman–Crippen LogP) is 3.70. The van der Waals surface area contributed by atoms with Crippen LogP contribution in [-0.4, -0.2) is 41.3 Å². The van der Waals surface area contributed by atoms with E-state index in [1.54, 1.807) is 54.6 Å². The average molecular weight is 488 g/mol. The first-order valence-corrected chi connectivity index (χ1v) is 11.5. The van der Waals surface area contributed by atoms with E-state index in [0.717, 1.165) is 4.31 Å². The molecule has 0 saturated heterocycles. The van der Waals surface area contributed by atoms with Crippen molar-refractivity contribution in [1.82, 2.24) is 5.43 Å². The van der Waals surface area contributed by atoms with Gasteiger partial charge in [0.1, 0.15) is 6.54 Å². The molecule has 3 aromatic carbocycles. The first-order valence-electron chi connectivity index (χ1n) is 9.73. The lowest BCUT2D eigenvalue weighted by Gasteiger charge is -2.24. The molecule has 3 aromatic rings. The molecule has 0 saturated carbocycles. The molecule has 0 aliphatic heterocycles. The van der Waals surface area contributed by atoms with Crippen LogP contribution in [0.1, 0.15) is 5.56 Å². The molecule has 172 valence electrons. The zero-order valence-electron chi connectivity index (χ0n) is 17.9. The van der Waals surface area contributed by atoms with Gasteiger partial charge in [-0.05, 0) is 48.0 Å². The van der Waals surface area contributed by atoms with E-state index in [9.17, 15) is 13.2 Å². The highest BCUT2D eigenvalue weighted by atomic mass is 35.5. The summed E-state index contributed by atoms with van der Waals surface area (Å²) in [7, 11) is -1.02. The third-order valence-electron chi connectivity index (χ3n) is 4.55. The number of ether oxygens (including phenoxy) is 2. The summed E-state index contributed by atoms with van der Waals surface area (Å²) in [5.41, 5.74) is 3.18. The summed E-state index contributed by atoms with van der Waals surface area (Å²) in [6, 6.07) is 19.3. The fourth-order valence-electron chi connectivity index (χ4n) is 2.95. The Morgan fingerprint density at radius 1 is 1.00 bits per heavy atom. The summed E-state index contributed by atoms with van der Waals surface area (Å²) < 4.78 is 37.9. The van der Waals surface area contributed by atoms with E-state index < -0.39 is 22.5 Å². The van der Waals surface area contributed by atoms with E-state index in [1.807, 2.05) is 0 Å². The van der Waals surface area contributed by atoms with Gasteiger partial charge in [0.2, 0.25) is 0 Å². The number of halogens is 1. The SMILES string of the molecule is COc1ccc(/C=N\NC(=O)CN(c2ccccc2Cl)S(=O)(=O)c2ccccc2)cc1OC. The quantitative estimate of drug-likeness (QED) is 0.366. The van der Waals surface area contributed by atoms with E-state index in [4.69, 9.17) is 21.1 Å². The number of carbonyl (C=O) groups is 1. The average Bonchev–Trinajstić information content (AvgIpc) is 2.83. The fraction of sp³-hybridized carbons (Fsp3) is 0.130. The van der Waals surface area contributed by atoms with Crippen LogP contribution in [0.2, 0.25) is 5.02 Å². The maximum atomic E-state index is 13.3. The van der Waals surface area contributed by atoms with Gasteiger partial charge in [0.05, 0.1) is 36.0 Å². The number of rotatable bonds is 9. The molecule has 33 heavy (non-hydrogen) atoms. The summed E-state index contributed by atoms with van der Waals surface area (Å²) in [5.74, 6) is 0.415. The third-order valence-corrected chi connectivity index (χ3v) is 6.64. The van der Waals surface area contributed by atoms with Crippen LogP contribution in [0.25, 0.3) is 0 Å². The molecule has 0 fully saturated rings. The maximum absolute atomic E-state index is 13.3. The van der Waals surface area contributed by atoms with Gasteiger partial charge in [0, 0.05) is 0 Å². The van der Waals surface area contributed by atoms with Gasteiger partial charge in [-0.25, -0.2) is 13.8 Å². The Balaban J connectivity index is 1.81. The molecule has 0 aliphatic rings. The van der Waals surface area contributed by atoms with Crippen LogP contribution in [0.5, 0.6) is 11.5 Å². The minimum absolute atomic E-state index is 0.0338. The van der Waals surface area contributed by atoms with Crippen molar-refractivity contribution in [2.24, 2.45) is 5.10 Å². The van der Waals surface area contributed by atoms with Gasteiger partial charge in [-0.1, -0.05) is 41.9 Å². The molecule has 0 atom stereocenters. The Kier molecular flexibility index (Phi) is 7.92. The number of nitrogens with zero attached hydrogens (tertiary/aromatic N) is 2.